The van der Waals surface area contributed by atoms with Crippen LogP contribution < -0.4 is 0 Å². The number of rotatable bonds is 5. The van der Waals surface area contributed by atoms with Gasteiger partial charge in [0.2, 0.25) is 0 Å². The third-order valence-electron chi connectivity index (χ3n) is 6.85. The van der Waals surface area contributed by atoms with Crippen LogP contribution in [0.4, 0.5) is 0 Å². The van der Waals surface area contributed by atoms with Gasteiger partial charge in [0.05, 0.1) is 5.92 Å². The molecule has 0 amide bonds. The summed E-state index contributed by atoms with van der Waals surface area (Å²) in [6.45, 7) is 8.73. The Morgan fingerprint density at radius 3 is 2.42 bits per heavy atom. The average molecular weight is 328 g/mol. The minimum Gasteiger partial charge on any atom is -0.462 e. The van der Waals surface area contributed by atoms with Gasteiger partial charge in [-0.2, -0.15) is 0 Å². The van der Waals surface area contributed by atoms with E-state index >= 15 is 0 Å². The Hall–Kier alpha value is -1.64. The van der Waals surface area contributed by atoms with Gasteiger partial charge >= 0.3 is 5.97 Å². The molecule has 4 atom stereocenters. The van der Waals surface area contributed by atoms with E-state index in [1.165, 1.54) is 6.42 Å². The molecule has 0 radical (unpaired) electrons. The number of fused-ring (bicyclic) bond motifs is 2. The van der Waals surface area contributed by atoms with Crippen LogP contribution in [0.5, 0.6) is 0 Å². The molecule has 0 N–H and O–H groups in total. The van der Waals surface area contributed by atoms with Crippen LogP contribution in [0.3, 0.4) is 0 Å². The first kappa shape index (κ1) is 17.2. The van der Waals surface area contributed by atoms with Crippen LogP contribution in [-0.4, -0.2) is 17.9 Å². The van der Waals surface area contributed by atoms with Gasteiger partial charge in [0, 0.05) is 17.9 Å². The SMILES string of the molecule is CC(CC(=O)c1ccccc1)C(=O)O[C@@H]1C[C@@]2(C)CC[C@H]1C2(C)C. The number of carbonyl (C=O) groups is 2. The normalized spacial score (nSPS) is 31.7. The van der Waals surface area contributed by atoms with Gasteiger partial charge in [-0.05, 0) is 30.1 Å². The summed E-state index contributed by atoms with van der Waals surface area (Å²) in [6.07, 6.45) is 3.54. The van der Waals surface area contributed by atoms with Crippen LogP contribution in [0.15, 0.2) is 30.3 Å². The molecule has 3 heteroatoms. The zero-order chi connectivity index (χ0) is 17.5. The summed E-state index contributed by atoms with van der Waals surface area (Å²) >= 11 is 0. The summed E-state index contributed by atoms with van der Waals surface area (Å²) in [7, 11) is 0. The molecular weight excluding hydrogens is 300 g/mol. The van der Waals surface area contributed by atoms with Crippen molar-refractivity contribution in [3.8, 4) is 0 Å². The molecule has 1 aromatic rings. The van der Waals surface area contributed by atoms with Gasteiger partial charge in [-0.3, -0.25) is 9.59 Å². The molecule has 3 rings (SSSR count). The summed E-state index contributed by atoms with van der Waals surface area (Å²) in [5, 5.41) is 0. The van der Waals surface area contributed by atoms with Gasteiger partial charge in [-0.1, -0.05) is 58.0 Å². The lowest BCUT2D eigenvalue weighted by molar-refractivity contribution is -0.156. The number of ether oxygens (including phenoxy) is 1. The molecule has 3 nitrogen and oxygen atoms in total. The Labute approximate surface area is 144 Å². The van der Waals surface area contributed by atoms with Crippen LogP contribution in [0.1, 0.15) is 63.7 Å². The number of ketones is 1. The molecule has 2 aliphatic rings. The molecule has 2 aliphatic carbocycles. The van der Waals surface area contributed by atoms with Gasteiger partial charge in [0.1, 0.15) is 6.10 Å². The second kappa shape index (κ2) is 6.02. The van der Waals surface area contributed by atoms with Crippen molar-refractivity contribution in [2.24, 2.45) is 22.7 Å². The average Bonchev–Trinajstić information content (AvgIpc) is 2.88. The van der Waals surface area contributed by atoms with Gasteiger partial charge in [-0.15, -0.1) is 0 Å². The van der Waals surface area contributed by atoms with E-state index in [4.69, 9.17) is 4.74 Å². The summed E-state index contributed by atoms with van der Waals surface area (Å²) in [6, 6.07) is 9.15. The first-order chi connectivity index (χ1) is 11.2. The molecule has 0 saturated heterocycles. The topological polar surface area (TPSA) is 43.4 Å². The molecule has 2 fully saturated rings. The number of hydrogen-bond acceptors (Lipinski definition) is 3. The standard InChI is InChI=1S/C21H28O3/c1-14(12-17(22)15-8-6-5-7-9-15)19(23)24-18-13-21(4)11-10-16(18)20(21,2)3/h5-9,14,16,18H,10-13H2,1-4H3/t14?,16-,18-,21-/m1/s1. The number of carbonyl (C=O) groups excluding carboxylic acids is 2. The molecular formula is C21H28O3. The summed E-state index contributed by atoms with van der Waals surface area (Å²) in [4.78, 5) is 24.8. The first-order valence-electron chi connectivity index (χ1n) is 9.03. The quantitative estimate of drug-likeness (QED) is 0.583. The number of hydrogen-bond donors (Lipinski definition) is 0. The first-order valence-corrected chi connectivity index (χ1v) is 9.03. The summed E-state index contributed by atoms with van der Waals surface area (Å²) in [5.41, 5.74) is 1.15. The van der Waals surface area contributed by atoms with E-state index in [-0.39, 0.29) is 35.1 Å². The maximum absolute atomic E-state index is 12.5. The third kappa shape index (κ3) is 2.78. The van der Waals surface area contributed by atoms with Crippen molar-refractivity contribution in [2.75, 3.05) is 0 Å². The Kier molecular flexibility index (Phi) is 4.31. The molecule has 1 aromatic carbocycles. The second-order valence-electron chi connectivity index (χ2n) is 8.50. The smallest absolute Gasteiger partial charge is 0.309 e. The highest BCUT2D eigenvalue weighted by molar-refractivity contribution is 5.97. The van der Waals surface area contributed by atoms with E-state index in [1.807, 2.05) is 18.2 Å². The van der Waals surface area contributed by atoms with Crippen molar-refractivity contribution < 1.29 is 14.3 Å². The van der Waals surface area contributed by atoms with Gasteiger partial charge < -0.3 is 4.74 Å². The Morgan fingerprint density at radius 2 is 1.88 bits per heavy atom. The maximum atomic E-state index is 12.5. The van der Waals surface area contributed by atoms with Crippen LogP contribution in [0.2, 0.25) is 0 Å². The largest absolute Gasteiger partial charge is 0.462 e. The Morgan fingerprint density at radius 1 is 1.21 bits per heavy atom. The molecule has 0 aromatic heterocycles. The molecule has 0 aliphatic heterocycles. The van der Waals surface area contributed by atoms with Crippen molar-refractivity contribution >= 4 is 11.8 Å². The monoisotopic (exact) mass is 328 g/mol. The Balaban J connectivity index is 1.59. The van der Waals surface area contributed by atoms with Gasteiger partial charge in [0.15, 0.2) is 5.78 Å². The maximum Gasteiger partial charge on any atom is 0.309 e. The van der Waals surface area contributed by atoms with Crippen LogP contribution in [0.25, 0.3) is 0 Å². The molecule has 0 spiro atoms. The van der Waals surface area contributed by atoms with Crippen molar-refractivity contribution in [3.05, 3.63) is 35.9 Å². The number of benzene rings is 1. The van der Waals surface area contributed by atoms with E-state index in [9.17, 15) is 9.59 Å². The lowest BCUT2D eigenvalue weighted by atomic mass is 9.71. The summed E-state index contributed by atoms with van der Waals surface area (Å²) in [5.74, 6) is -0.173. The molecule has 0 heterocycles. The fourth-order valence-corrected chi connectivity index (χ4v) is 4.70. The van der Waals surface area contributed by atoms with E-state index in [0.29, 0.717) is 11.5 Å². The number of esters is 1. The predicted octanol–water partition coefficient (Wildman–Crippen LogP) is 4.65. The van der Waals surface area contributed by atoms with Crippen molar-refractivity contribution in [3.63, 3.8) is 0 Å². The fraction of sp³-hybridized carbons (Fsp3) is 0.619. The van der Waals surface area contributed by atoms with Crippen molar-refractivity contribution in [1.29, 1.82) is 0 Å². The van der Waals surface area contributed by atoms with E-state index in [0.717, 1.165) is 12.8 Å². The van der Waals surface area contributed by atoms with Crippen molar-refractivity contribution in [2.45, 2.75) is 59.5 Å². The Bertz CT molecular complexity index is 631. The molecule has 2 bridgehead atoms. The van der Waals surface area contributed by atoms with E-state index in [1.54, 1.807) is 19.1 Å². The predicted molar refractivity (Wildman–Crippen MR) is 93.7 cm³/mol. The van der Waals surface area contributed by atoms with Crippen LogP contribution >= 0.6 is 0 Å². The van der Waals surface area contributed by atoms with Gasteiger partial charge in [0.25, 0.3) is 0 Å². The van der Waals surface area contributed by atoms with Crippen LogP contribution in [0, 0.1) is 22.7 Å². The van der Waals surface area contributed by atoms with Gasteiger partial charge in [-0.25, -0.2) is 0 Å². The lowest BCUT2D eigenvalue weighted by Crippen LogP contribution is -2.30. The number of Topliss-reactive ketones (excluding diaryl/α,β-unsaturated/α-hetero) is 1. The van der Waals surface area contributed by atoms with E-state index < -0.39 is 5.92 Å². The lowest BCUT2D eigenvalue weighted by Gasteiger charge is -2.33. The molecule has 24 heavy (non-hydrogen) atoms. The minimum absolute atomic E-state index is 0.000263. The van der Waals surface area contributed by atoms with Crippen molar-refractivity contribution in [1.82, 2.24) is 0 Å². The minimum atomic E-state index is -0.396. The second-order valence-corrected chi connectivity index (χ2v) is 8.50. The highest BCUT2D eigenvalue weighted by atomic mass is 16.5. The highest BCUT2D eigenvalue weighted by Crippen LogP contribution is 2.66. The zero-order valence-corrected chi connectivity index (χ0v) is 15.2. The summed E-state index contributed by atoms with van der Waals surface area (Å²) < 4.78 is 5.85. The zero-order valence-electron chi connectivity index (χ0n) is 15.2. The van der Waals surface area contributed by atoms with E-state index in [2.05, 4.69) is 20.8 Å². The van der Waals surface area contributed by atoms with Crippen LogP contribution in [-0.2, 0) is 9.53 Å². The fourth-order valence-electron chi connectivity index (χ4n) is 4.70. The molecule has 1 unspecified atom stereocenters. The highest BCUT2D eigenvalue weighted by Gasteiger charge is 2.61. The molecule has 130 valence electrons. The third-order valence-corrected chi connectivity index (χ3v) is 6.85. The molecule has 2 saturated carbocycles.